The number of rotatable bonds is 4. The number of carbonyl (C=O) groups is 2. The van der Waals surface area contributed by atoms with Crippen molar-refractivity contribution in [3.63, 3.8) is 0 Å². The van der Waals surface area contributed by atoms with Crippen LogP contribution in [0.2, 0.25) is 0 Å². The number of aliphatic carboxylic acids is 1. The molecule has 21 heavy (non-hydrogen) atoms. The van der Waals surface area contributed by atoms with Crippen LogP contribution < -0.4 is 10.6 Å². The lowest BCUT2D eigenvalue weighted by molar-refractivity contribution is -0.148. The predicted octanol–water partition coefficient (Wildman–Crippen LogP) is 2.76. The van der Waals surface area contributed by atoms with Gasteiger partial charge in [-0.25, -0.2) is 4.79 Å². The highest BCUT2D eigenvalue weighted by Crippen LogP contribution is 2.37. The van der Waals surface area contributed by atoms with E-state index in [0.717, 1.165) is 38.0 Å². The lowest BCUT2D eigenvalue weighted by Crippen LogP contribution is -2.49. The van der Waals surface area contributed by atoms with Crippen LogP contribution in [-0.2, 0) is 4.79 Å². The molecule has 3 N–H and O–H groups in total. The molecule has 0 saturated heterocycles. The molecule has 3 unspecified atom stereocenters. The van der Waals surface area contributed by atoms with Crippen LogP contribution in [0.15, 0.2) is 0 Å². The Bertz CT molecular complexity index is 391. The second kappa shape index (κ2) is 6.67. The van der Waals surface area contributed by atoms with Crippen LogP contribution in [0.5, 0.6) is 0 Å². The van der Waals surface area contributed by atoms with Gasteiger partial charge in [-0.2, -0.15) is 0 Å². The molecular formula is C16H28N2O3. The second-order valence-corrected chi connectivity index (χ2v) is 7.08. The summed E-state index contributed by atoms with van der Waals surface area (Å²) in [5.74, 6) is 0.574. The Morgan fingerprint density at radius 1 is 1.14 bits per heavy atom. The molecule has 0 spiro atoms. The molecule has 2 aliphatic rings. The van der Waals surface area contributed by atoms with Crippen molar-refractivity contribution in [2.24, 2.45) is 17.3 Å². The summed E-state index contributed by atoms with van der Waals surface area (Å²) in [7, 11) is 0. The van der Waals surface area contributed by atoms with Gasteiger partial charge in [-0.1, -0.05) is 26.7 Å². The number of carbonyl (C=O) groups excluding carboxylic acids is 1. The molecule has 0 aromatic carbocycles. The molecule has 0 heterocycles. The summed E-state index contributed by atoms with van der Waals surface area (Å²) >= 11 is 0. The van der Waals surface area contributed by atoms with Gasteiger partial charge in [0.1, 0.15) is 0 Å². The number of hydrogen-bond acceptors (Lipinski definition) is 2. The maximum atomic E-state index is 12.0. The first-order chi connectivity index (χ1) is 9.93. The van der Waals surface area contributed by atoms with Crippen LogP contribution in [0.3, 0.4) is 0 Å². The minimum atomic E-state index is -0.777. The van der Waals surface area contributed by atoms with E-state index in [-0.39, 0.29) is 18.6 Å². The van der Waals surface area contributed by atoms with E-state index in [2.05, 4.69) is 24.5 Å². The molecule has 2 saturated carbocycles. The van der Waals surface area contributed by atoms with Gasteiger partial charge in [-0.3, -0.25) is 4.79 Å². The van der Waals surface area contributed by atoms with Gasteiger partial charge in [0.05, 0.1) is 5.41 Å². The Labute approximate surface area is 126 Å². The summed E-state index contributed by atoms with van der Waals surface area (Å²) in [5.41, 5.74) is -0.744. The van der Waals surface area contributed by atoms with E-state index in [0.29, 0.717) is 18.8 Å². The molecule has 0 bridgehead atoms. The van der Waals surface area contributed by atoms with Crippen molar-refractivity contribution < 1.29 is 14.7 Å². The quantitative estimate of drug-likeness (QED) is 0.746. The number of carboxylic acid groups (broad SMARTS) is 1. The highest BCUT2D eigenvalue weighted by Gasteiger charge is 2.41. The van der Waals surface area contributed by atoms with E-state index in [9.17, 15) is 14.7 Å². The second-order valence-electron chi connectivity index (χ2n) is 7.08. The smallest absolute Gasteiger partial charge is 0.315 e. The first kappa shape index (κ1) is 16.1. The van der Waals surface area contributed by atoms with E-state index >= 15 is 0 Å². The summed E-state index contributed by atoms with van der Waals surface area (Å²) in [6.45, 7) is 4.73. The SMILES string of the molecule is CC1CCC(NC(=O)NCC2(C(=O)O)CCCC2)CC1C. The molecule has 0 aromatic rings. The monoisotopic (exact) mass is 296 g/mol. The van der Waals surface area contributed by atoms with E-state index in [4.69, 9.17) is 0 Å². The van der Waals surface area contributed by atoms with Gasteiger partial charge in [-0.15, -0.1) is 0 Å². The first-order valence-corrected chi connectivity index (χ1v) is 8.21. The normalized spacial score (nSPS) is 31.6. The molecule has 0 radical (unpaired) electrons. The molecule has 2 rings (SSSR count). The number of carboxylic acids is 1. The van der Waals surface area contributed by atoms with Crippen molar-refractivity contribution in [2.75, 3.05) is 6.54 Å². The van der Waals surface area contributed by atoms with E-state index in [1.807, 2.05) is 0 Å². The highest BCUT2D eigenvalue weighted by atomic mass is 16.4. The molecule has 120 valence electrons. The average molecular weight is 296 g/mol. The summed E-state index contributed by atoms with van der Waals surface area (Å²) in [5, 5.41) is 15.2. The fraction of sp³-hybridized carbons (Fsp3) is 0.875. The third kappa shape index (κ3) is 3.89. The van der Waals surface area contributed by atoms with Crippen LogP contribution in [0.25, 0.3) is 0 Å². The largest absolute Gasteiger partial charge is 0.481 e. The molecule has 2 aliphatic carbocycles. The number of urea groups is 1. The number of nitrogens with one attached hydrogen (secondary N) is 2. The van der Waals surface area contributed by atoms with Crippen LogP contribution in [0, 0.1) is 17.3 Å². The first-order valence-electron chi connectivity index (χ1n) is 8.21. The minimum Gasteiger partial charge on any atom is -0.481 e. The van der Waals surface area contributed by atoms with Crippen LogP contribution in [-0.4, -0.2) is 29.7 Å². The molecular weight excluding hydrogens is 268 g/mol. The predicted molar refractivity (Wildman–Crippen MR) is 81.0 cm³/mol. The lowest BCUT2D eigenvalue weighted by Gasteiger charge is -2.33. The minimum absolute atomic E-state index is 0.214. The summed E-state index contributed by atoms with van der Waals surface area (Å²) in [4.78, 5) is 23.4. The zero-order valence-corrected chi connectivity index (χ0v) is 13.2. The average Bonchev–Trinajstić information content (AvgIpc) is 2.91. The Morgan fingerprint density at radius 2 is 1.81 bits per heavy atom. The van der Waals surface area contributed by atoms with Crippen molar-refractivity contribution in [1.29, 1.82) is 0 Å². The van der Waals surface area contributed by atoms with Crippen molar-refractivity contribution in [2.45, 2.75) is 64.8 Å². The molecule has 3 atom stereocenters. The zero-order valence-electron chi connectivity index (χ0n) is 13.2. The van der Waals surface area contributed by atoms with Gasteiger partial charge in [0.15, 0.2) is 0 Å². The molecule has 5 heteroatoms. The van der Waals surface area contributed by atoms with E-state index in [1.54, 1.807) is 0 Å². The van der Waals surface area contributed by atoms with Crippen LogP contribution >= 0.6 is 0 Å². The Hall–Kier alpha value is -1.26. The lowest BCUT2D eigenvalue weighted by atomic mass is 9.79. The molecule has 0 aromatic heterocycles. The third-order valence-electron chi connectivity index (χ3n) is 5.54. The van der Waals surface area contributed by atoms with Gasteiger partial charge in [0.2, 0.25) is 0 Å². The summed E-state index contributed by atoms with van der Waals surface area (Å²) in [6, 6.07) is 0.00911. The van der Waals surface area contributed by atoms with Crippen LogP contribution in [0.4, 0.5) is 4.79 Å². The fourth-order valence-corrected chi connectivity index (χ4v) is 3.68. The van der Waals surface area contributed by atoms with Crippen molar-refractivity contribution in [3.8, 4) is 0 Å². The van der Waals surface area contributed by atoms with Gasteiger partial charge < -0.3 is 15.7 Å². The van der Waals surface area contributed by atoms with Gasteiger partial charge in [0.25, 0.3) is 0 Å². The van der Waals surface area contributed by atoms with Crippen molar-refractivity contribution in [1.82, 2.24) is 10.6 Å². The topological polar surface area (TPSA) is 78.4 Å². The van der Waals surface area contributed by atoms with Gasteiger partial charge >= 0.3 is 12.0 Å². The Morgan fingerprint density at radius 3 is 2.38 bits per heavy atom. The Balaban J connectivity index is 1.78. The van der Waals surface area contributed by atoms with Gasteiger partial charge in [0, 0.05) is 12.6 Å². The molecule has 0 aliphatic heterocycles. The van der Waals surface area contributed by atoms with Crippen molar-refractivity contribution in [3.05, 3.63) is 0 Å². The molecule has 5 nitrogen and oxygen atoms in total. The maximum absolute atomic E-state index is 12.0. The summed E-state index contributed by atoms with van der Waals surface area (Å²) < 4.78 is 0. The standard InChI is InChI=1S/C16H28N2O3/c1-11-5-6-13(9-12(11)2)18-15(21)17-10-16(14(19)20)7-3-4-8-16/h11-13H,3-10H2,1-2H3,(H,19,20)(H2,17,18,21). The summed E-state index contributed by atoms with van der Waals surface area (Å²) in [6.07, 6.45) is 6.38. The maximum Gasteiger partial charge on any atom is 0.315 e. The Kier molecular flexibility index (Phi) is 5.12. The molecule has 2 amide bonds. The van der Waals surface area contributed by atoms with Crippen molar-refractivity contribution >= 4 is 12.0 Å². The third-order valence-corrected chi connectivity index (χ3v) is 5.54. The van der Waals surface area contributed by atoms with Crippen LogP contribution in [0.1, 0.15) is 58.8 Å². The van der Waals surface area contributed by atoms with E-state index < -0.39 is 11.4 Å². The molecule has 2 fully saturated rings. The van der Waals surface area contributed by atoms with Gasteiger partial charge in [-0.05, 0) is 43.9 Å². The number of hydrogen-bond donors (Lipinski definition) is 3. The van der Waals surface area contributed by atoms with E-state index in [1.165, 1.54) is 0 Å². The zero-order chi connectivity index (χ0) is 15.5. The fourth-order valence-electron chi connectivity index (χ4n) is 3.68. The number of amides is 2. The highest BCUT2D eigenvalue weighted by molar-refractivity contribution is 5.78.